The fourth-order valence-corrected chi connectivity index (χ4v) is 16.8. The van der Waals surface area contributed by atoms with E-state index < -0.39 is 45.1 Å². The van der Waals surface area contributed by atoms with Gasteiger partial charge in [0.25, 0.3) is 10.5 Å². The molecule has 79 heavy (non-hydrogen) atoms. The van der Waals surface area contributed by atoms with Gasteiger partial charge < -0.3 is 23.3 Å². The molecule has 0 N–H and O–H groups in total. The van der Waals surface area contributed by atoms with Crippen molar-refractivity contribution in [3.63, 3.8) is 0 Å². The van der Waals surface area contributed by atoms with Crippen LogP contribution in [0.15, 0.2) is 199 Å². The molecule has 7 aliphatic rings. The van der Waals surface area contributed by atoms with E-state index in [1.807, 2.05) is 0 Å². The molecular weight excluding hydrogens is 1090 g/mol. The highest BCUT2D eigenvalue weighted by atomic mass is 32.3. The minimum atomic E-state index is -5.42. The van der Waals surface area contributed by atoms with Crippen LogP contribution in [0.1, 0.15) is 62.5 Å². The van der Waals surface area contributed by atoms with Crippen molar-refractivity contribution in [3.05, 3.63) is 181 Å². The fraction of sp³-hybridized carbons (Fsp3) is 0.361. The number of carbonyl (C=O) groups excluding carboxylic acids is 3. The second-order valence-corrected chi connectivity index (χ2v) is 27.3. The zero-order valence-electron chi connectivity index (χ0n) is 43.9. The summed E-state index contributed by atoms with van der Waals surface area (Å²) in [5.74, 6) is 0.386. The van der Waals surface area contributed by atoms with Crippen molar-refractivity contribution in [3.8, 4) is 0 Å². The predicted molar refractivity (Wildman–Crippen MR) is 295 cm³/mol. The van der Waals surface area contributed by atoms with Crippen molar-refractivity contribution in [2.24, 2.45) is 40.9 Å². The van der Waals surface area contributed by atoms with Gasteiger partial charge in [-0.2, -0.15) is 0 Å². The Morgan fingerprint density at radius 1 is 0.595 bits per heavy atom. The third kappa shape index (κ3) is 16.2. The second kappa shape index (κ2) is 26.6. The fourth-order valence-electron chi connectivity index (χ4n) is 12.4. The van der Waals surface area contributed by atoms with E-state index in [0.717, 1.165) is 32.1 Å². The lowest BCUT2D eigenvalue weighted by atomic mass is 9.49. The lowest BCUT2D eigenvalue weighted by Crippen LogP contribution is -2.50. The van der Waals surface area contributed by atoms with Gasteiger partial charge in [-0.1, -0.05) is 108 Å². The third-order valence-corrected chi connectivity index (χ3v) is 20.4. The summed E-state index contributed by atoms with van der Waals surface area (Å²) in [6.45, 7) is 2.85. The molecule has 0 radical (unpaired) electrons. The Morgan fingerprint density at radius 3 is 1.32 bits per heavy atom. The standard InChI is InChI=1S/2C19H17S.C13H20O5S.C10H11FO4.FHO3S/c2*1-16-12-14-19(15-13-16)20(17-8-4-2-5-9-17)18-10-6-3-7-11-18;14-12(18-1-2-19(15,16)17)13-6-9-3-10(7-13)5-11(4-9)8-13;11-3-7(12)14-8-4-1-5-6(2-4)10(13)15-9(5)8;1-5(2,3)4/h2*2-15H,1H3;9-11H,1-8H2,(H,15,16,17);4-6,8-9H,1-3H2;(H,2,3,4)/q2*+1;;;/p-2. The van der Waals surface area contributed by atoms with E-state index >= 15 is 0 Å². The van der Waals surface area contributed by atoms with Crippen molar-refractivity contribution in [2.75, 3.05) is 19.0 Å². The number of hydrogen-bond acceptors (Lipinski definition) is 12. The molecule has 0 aromatic heterocycles. The van der Waals surface area contributed by atoms with E-state index in [2.05, 4.69) is 184 Å². The van der Waals surface area contributed by atoms with Gasteiger partial charge in [0.15, 0.2) is 36.0 Å². The van der Waals surface area contributed by atoms with Gasteiger partial charge in [-0.15, -0.1) is 3.89 Å². The summed E-state index contributed by atoms with van der Waals surface area (Å²) < 4.78 is 94.1. The first kappa shape index (κ1) is 59.2. The molecule has 1 heterocycles. The number of benzene rings is 6. The molecule has 418 valence electrons. The van der Waals surface area contributed by atoms with Crippen LogP contribution in [0.2, 0.25) is 0 Å². The lowest BCUT2D eigenvalue weighted by molar-refractivity contribution is -0.170. The first-order valence-electron chi connectivity index (χ1n) is 26.3. The van der Waals surface area contributed by atoms with Crippen LogP contribution in [0.25, 0.3) is 0 Å². The highest BCUT2D eigenvalue weighted by Crippen LogP contribution is 2.60. The summed E-state index contributed by atoms with van der Waals surface area (Å²) >= 11 is 0. The van der Waals surface area contributed by atoms with Crippen LogP contribution in [0.4, 0.5) is 8.28 Å². The summed E-state index contributed by atoms with van der Waals surface area (Å²) in [6.07, 6.45) is 7.27. The van der Waals surface area contributed by atoms with Gasteiger partial charge in [0.2, 0.25) is 0 Å². The molecule has 1 aliphatic heterocycles. The lowest BCUT2D eigenvalue weighted by Gasteiger charge is -2.55. The summed E-state index contributed by atoms with van der Waals surface area (Å²) in [5.41, 5.74) is 2.23. The van der Waals surface area contributed by atoms with Gasteiger partial charge in [0, 0.05) is 11.8 Å². The molecule has 0 spiro atoms. The molecule has 5 unspecified atom stereocenters. The quantitative estimate of drug-likeness (QED) is 0.0371. The Kier molecular flexibility index (Phi) is 19.9. The zero-order chi connectivity index (χ0) is 56.3. The van der Waals surface area contributed by atoms with Crippen LogP contribution in [-0.2, 0) is 71.0 Å². The van der Waals surface area contributed by atoms with Gasteiger partial charge in [-0.3, -0.25) is 9.59 Å². The predicted octanol–water partition coefficient (Wildman–Crippen LogP) is 11.3. The Bertz CT molecular complexity index is 2950. The number of halogens is 2. The van der Waals surface area contributed by atoms with E-state index in [1.165, 1.54) is 59.8 Å². The minimum Gasteiger partial charge on any atom is -0.748 e. The molecule has 1 saturated heterocycles. The average molecular weight is 1160 g/mol. The highest BCUT2D eigenvalue weighted by molar-refractivity contribution is 7.97. The number of fused-ring (bicyclic) bond motifs is 1. The second-order valence-electron chi connectivity index (χ2n) is 21.0. The number of alkyl halides is 1. The molecule has 5 atom stereocenters. The van der Waals surface area contributed by atoms with Gasteiger partial charge in [-0.05, 0) is 156 Å². The Morgan fingerprint density at radius 2 is 0.962 bits per heavy atom. The molecular formula is C61H64F2O12S4. The highest BCUT2D eigenvalue weighted by Gasteiger charge is 2.63. The normalized spacial score (nSPS) is 24.5. The molecule has 6 bridgehead atoms. The SMILES string of the molecule is Cc1ccc([S+](c2ccccc2)c2ccccc2)cc1.Cc1ccc([S+](c2ccccc2)c2ccccc2)cc1.O=C(CF)OC1C2CC3C(=O)OC1C3C2.O=C(OCCS(=O)(=O)[O-])C12CC3CC(CC(C3)C1)C2.O=S(=O)([O-])F. The number of aryl methyl sites for hydroxylation is 2. The molecule has 6 saturated carbocycles. The van der Waals surface area contributed by atoms with E-state index in [-0.39, 0.29) is 69.6 Å². The molecule has 12 nitrogen and oxygen atoms in total. The van der Waals surface area contributed by atoms with E-state index in [4.69, 9.17) is 27.2 Å². The zero-order valence-corrected chi connectivity index (χ0v) is 47.1. The van der Waals surface area contributed by atoms with Crippen LogP contribution in [0.5, 0.6) is 0 Å². The average Bonchev–Trinajstić information content (AvgIpc) is 4.22. The van der Waals surface area contributed by atoms with Gasteiger partial charge in [-0.25, -0.2) is 26.0 Å². The summed E-state index contributed by atoms with van der Waals surface area (Å²) in [5, 5.41) is 0. The smallest absolute Gasteiger partial charge is 0.337 e. The maximum atomic E-state index is 12.3. The maximum Gasteiger partial charge on any atom is 0.337 e. The van der Waals surface area contributed by atoms with Crippen LogP contribution in [0, 0.1) is 54.8 Å². The van der Waals surface area contributed by atoms with Crippen LogP contribution in [0.3, 0.4) is 0 Å². The molecule has 18 heteroatoms. The molecule has 0 amide bonds. The Balaban J connectivity index is 0.000000135. The van der Waals surface area contributed by atoms with Gasteiger partial charge in [0.1, 0.15) is 18.8 Å². The topological polar surface area (TPSA) is 193 Å². The number of carbonyl (C=O) groups is 3. The maximum absolute atomic E-state index is 12.3. The van der Waals surface area contributed by atoms with Crippen molar-refractivity contribution in [1.29, 1.82) is 0 Å². The Labute approximate surface area is 468 Å². The van der Waals surface area contributed by atoms with Crippen molar-refractivity contribution in [1.82, 2.24) is 0 Å². The molecule has 13 rings (SSSR count). The summed E-state index contributed by atoms with van der Waals surface area (Å²) in [6, 6.07) is 60.8. The largest absolute Gasteiger partial charge is 0.748 e. The number of rotatable bonds is 12. The van der Waals surface area contributed by atoms with E-state index in [0.29, 0.717) is 17.8 Å². The molecule has 7 fully saturated rings. The number of esters is 3. The van der Waals surface area contributed by atoms with Crippen molar-refractivity contribution in [2.45, 2.75) is 107 Å². The first-order valence-corrected chi connectivity index (χ1v) is 31.6. The van der Waals surface area contributed by atoms with Gasteiger partial charge in [0.05, 0.1) is 49.0 Å². The summed E-state index contributed by atoms with van der Waals surface area (Å²) in [7, 11) is -9.77. The van der Waals surface area contributed by atoms with E-state index in [9.17, 15) is 35.6 Å². The number of hydrogen-bond donors (Lipinski definition) is 0. The third-order valence-electron chi connectivity index (χ3n) is 15.3. The first-order chi connectivity index (χ1) is 37.8. The van der Waals surface area contributed by atoms with Crippen LogP contribution in [-0.4, -0.2) is 75.1 Å². The monoisotopic (exact) mass is 1150 g/mol. The molecule has 6 aromatic rings. The molecule has 6 aliphatic carbocycles. The minimum absolute atomic E-state index is 0.000304. The Hall–Kier alpha value is -5.89. The van der Waals surface area contributed by atoms with Crippen LogP contribution < -0.4 is 0 Å². The molecule has 6 aromatic carbocycles. The summed E-state index contributed by atoms with van der Waals surface area (Å²) in [4.78, 5) is 42.7. The van der Waals surface area contributed by atoms with Gasteiger partial charge >= 0.3 is 17.9 Å². The van der Waals surface area contributed by atoms with Crippen molar-refractivity contribution >= 4 is 60.3 Å². The van der Waals surface area contributed by atoms with E-state index in [1.54, 1.807) is 0 Å². The van der Waals surface area contributed by atoms with Crippen molar-refractivity contribution < 1.29 is 62.8 Å². The number of ether oxygens (including phenoxy) is 3. The van der Waals surface area contributed by atoms with Crippen LogP contribution >= 0.6 is 0 Å².